The number of thiocarbonyl (C=S) groups is 1. The van der Waals surface area contributed by atoms with Crippen LogP contribution in [-0.2, 0) is 4.74 Å². The molecule has 136 valence electrons. The summed E-state index contributed by atoms with van der Waals surface area (Å²) in [6.45, 7) is 5.89. The predicted molar refractivity (Wildman–Crippen MR) is 102 cm³/mol. The van der Waals surface area contributed by atoms with E-state index < -0.39 is 0 Å². The molecule has 0 aromatic carbocycles. The molecule has 0 saturated carbocycles. The van der Waals surface area contributed by atoms with Crippen LogP contribution in [0.1, 0.15) is 84.5 Å². The number of nitrogens with one attached hydrogen (secondary N) is 1. The van der Waals surface area contributed by atoms with Gasteiger partial charge in [-0.15, -0.1) is 0 Å². The molecule has 0 radical (unpaired) electrons. The smallest absolute Gasteiger partial charge is 0.144 e. The summed E-state index contributed by atoms with van der Waals surface area (Å²) in [5, 5.41) is 12.0. The number of hydrogen-bond acceptors (Lipinski definition) is 3. The molecule has 2 N–H and O–H groups in total. The highest BCUT2D eigenvalue weighted by Crippen LogP contribution is 2.39. The Morgan fingerprint density at radius 3 is 2.09 bits per heavy atom. The van der Waals surface area contributed by atoms with Gasteiger partial charge in [0.05, 0.1) is 13.2 Å². The third kappa shape index (κ3) is 7.95. The van der Waals surface area contributed by atoms with Crippen molar-refractivity contribution in [3.63, 3.8) is 0 Å². The lowest BCUT2D eigenvalue weighted by atomic mass is 9.89. The Hall–Kier alpha value is -0.190. The zero-order chi connectivity index (χ0) is 17.0. The van der Waals surface area contributed by atoms with Gasteiger partial charge in [0.15, 0.2) is 0 Å². The number of hydrogen-bond donors (Lipinski definition) is 2. The minimum absolute atomic E-state index is 0.114. The van der Waals surface area contributed by atoms with Crippen LogP contribution in [0.4, 0.5) is 0 Å². The number of epoxide rings is 1. The molecule has 1 rings (SSSR count). The summed E-state index contributed by atoms with van der Waals surface area (Å²) in [5.74, 6) is 0.468. The van der Waals surface area contributed by atoms with Gasteiger partial charge in [-0.3, -0.25) is 0 Å². The van der Waals surface area contributed by atoms with Gasteiger partial charge in [0, 0.05) is 6.54 Å². The van der Waals surface area contributed by atoms with Gasteiger partial charge in [-0.2, -0.15) is 0 Å². The Labute approximate surface area is 148 Å². The molecule has 0 aromatic rings. The average Bonchev–Trinajstić information content (AvgIpc) is 3.36. The van der Waals surface area contributed by atoms with Crippen molar-refractivity contribution in [2.75, 3.05) is 19.8 Å². The second-order valence-corrected chi connectivity index (χ2v) is 7.44. The Morgan fingerprint density at radius 1 is 1.09 bits per heavy atom. The van der Waals surface area contributed by atoms with Crippen LogP contribution in [-0.4, -0.2) is 35.5 Å². The first-order valence-electron chi connectivity index (χ1n) is 9.70. The summed E-state index contributed by atoms with van der Waals surface area (Å²) in [4.78, 5) is 0.783. The van der Waals surface area contributed by atoms with Crippen LogP contribution in [0.25, 0.3) is 0 Å². The van der Waals surface area contributed by atoms with E-state index in [1.54, 1.807) is 0 Å². The molecule has 23 heavy (non-hydrogen) atoms. The Morgan fingerprint density at radius 2 is 1.61 bits per heavy atom. The van der Waals surface area contributed by atoms with E-state index in [1.165, 1.54) is 70.6 Å². The van der Waals surface area contributed by atoms with Crippen molar-refractivity contribution >= 4 is 17.2 Å². The van der Waals surface area contributed by atoms with E-state index in [0.29, 0.717) is 12.5 Å². The molecule has 0 bridgehead atoms. The van der Waals surface area contributed by atoms with Crippen molar-refractivity contribution < 1.29 is 9.84 Å². The molecule has 1 heterocycles. The highest BCUT2D eigenvalue weighted by atomic mass is 32.1. The van der Waals surface area contributed by atoms with Gasteiger partial charge in [0.25, 0.3) is 0 Å². The fraction of sp³-hybridized carbons (Fsp3) is 0.947. The third-order valence-electron chi connectivity index (χ3n) is 5.02. The van der Waals surface area contributed by atoms with Crippen LogP contribution in [0.2, 0.25) is 0 Å². The van der Waals surface area contributed by atoms with E-state index in [2.05, 4.69) is 19.2 Å². The lowest BCUT2D eigenvalue weighted by Crippen LogP contribution is -2.41. The fourth-order valence-electron chi connectivity index (χ4n) is 3.21. The topological polar surface area (TPSA) is 44.8 Å². The molecule has 0 spiro atoms. The molecule has 1 fully saturated rings. The van der Waals surface area contributed by atoms with Gasteiger partial charge in [-0.25, -0.2) is 0 Å². The zero-order valence-electron chi connectivity index (χ0n) is 15.2. The monoisotopic (exact) mass is 343 g/mol. The van der Waals surface area contributed by atoms with Crippen LogP contribution >= 0.6 is 12.2 Å². The fourth-order valence-corrected chi connectivity index (χ4v) is 3.63. The van der Waals surface area contributed by atoms with Crippen molar-refractivity contribution in [3.05, 3.63) is 0 Å². The highest BCUT2D eigenvalue weighted by Gasteiger charge is 2.52. The van der Waals surface area contributed by atoms with Gasteiger partial charge in [0.1, 0.15) is 10.6 Å². The molecule has 0 aliphatic carbocycles. The first-order valence-corrected chi connectivity index (χ1v) is 10.1. The number of aliphatic hydroxyl groups excluding tert-OH is 1. The molecular weight excluding hydrogens is 306 g/mol. The maximum atomic E-state index is 8.88. The van der Waals surface area contributed by atoms with E-state index in [1.807, 2.05) is 0 Å². The number of unbranched alkanes of at least 4 members (excludes halogenated alkanes) is 9. The lowest BCUT2D eigenvalue weighted by molar-refractivity contribution is 0.271. The summed E-state index contributed by atoms with van der Waals surface area (Å²) in [6, 6.07) is 0. The summed E-state index contributed by atoms with van der Waals surface area (Å²) >= 11 is 5.43. The SMILES string of the molecule is CCCCCCCCCCCCC(C)C1(C(=S)NCCO)CO1. The van der Waals surface area contributed by atoms with Crippen LogP contribution in [0.3, 0.4) is 0 Å². The minimum Gasteiger partial charge on any atom is -0.395 e. The van der Waals surface area contributed by atoms with Gasteiger partial charge in [0.2, 0.25) is 0 Å². The zero-order valence-corrected chi connectivity index (χ0v) is 16.1. The molecule has 4 heteroatoms. The van der Waals surface area contributed by atoms with Crippen LogP contribution < -0.4 is 5.32 Å². The second-order valence-electron chi connectivity index (χ2n) is 7.03. The van der Waals surface area contributed by atoms with Crippen molar-refractivity contribution in [2.24, 2.45) is 5.92 Å². The first-order chi connectivity index (χ1) is 11.2. The van der Waals surface area contributed by atoms with E-state index in [0.717, 1.165) is 11.6 Å². The van der Waals surface area contributed by atoms with Crippen molar-refractivity contribution in [1.82, 2.24) is 5.32 Å². The van der Waals surface area contributed by atoms with Crippen molar-refractivity contribution in [2.45, 2.75) is 90.1 Å². The Kier molecular flexibility index (Phi) is 11.1. The lowest BCUT2D eigenvalue weighted by Gasteiger charge is -2.22. The average molecular weight is 344 g/mol. The minimum atomic E-state index is -0.232. The molecule has 3 nitrogen and oxygen atoms in total. The molecule has 1 aliphatic rings. The molecular formula is C19H37NO2S. The van der Waals surface area contributed by atoms with Gasteiger partial charge < -0.3 is 15.2 Å². The standard InChI is InChI=1S/C19H37NO2S/c1-3-4-5-6-7-8-9-10-11-12-13-17(2)19(16-22-19)18(23)20-14-15-21/h17,21H,3-16H2,1-2H3,(H,20,23). The van der Waals surface area contributed by atoms with E-state index in [4.69, 9.17) is 22.1 Å². The Bertz CT molecular complexity index is 318. The van der Waals surface area contributed by atoms with Crippen molar-refractivity contribution in [1.29, 1.82) is 0 Å². The van der Waals surface area contributed by atoms with Crippen molar-refractivity contribution in [3.8, 4) is 0 Å². The normalized spacial score (nSPS) is 21.2. The number of ether oxygens (including phenoxy) is 1. The third-order valence-corrected chi connectivity index (χ3v) is 5.51. The summed E-state index contributed by atoms with van der Waals surface area (Å²) in [5.41, 5.74) is -0.232. The quantitative estimate of drug-likeness (QED) is 0.259. The van der Waals surface area contributed by atoms with E-state index >= 15 is 0 Å². The molecule has 0 amide bonds. The second kappa shape index (κ2) is 12.2. The van der Waals surface area contributed by atoms with Gasteiger partial charge in [-0.05, 0) is 12.3 Å². The highest BCUT2D eigenvalue weighted by molar-refractivity contribution is 7.80. The Balaban J connectivity index is 2.00. The van der Waals surface area contributed by atoms with Gasteiger partial charge in [-0.1, -0.05) is 90.3 Å². The van der Waals surface area contributed by atoms with Gasteiger partial charge >= 0.3 is 0 Å². The van der Waals surface area contributed by atoms with Crippen LogP contribution in [0.5, 0.6) is 0 Å². The molecule has 0 aromatic heterocycles. The maximum absolute atomic E-state index is 8.88. The molecule has 1 saturated heterocycles. The number of aliphatic hydroxyl groups is 1. The number of rotatable bonds is 15. The van der Waals surface area contributed by atoms with E-state index in [9.17, 15) is 0 Å². The summed E-state index contributed by atoms with van der Waals surface area (Å²) < 4.78 is 5.67. The molecule has 1 aliphatic heterocycles. The largest absolute Gasteiger partial charge is 0.395 e. The summed E-state index contributed by atoms with van der Waals surface area (Å²) in [6.07, 6.45) is 14.9. The summed E-state index contributed by atoms with van der Waals surface area (Å²) in [7, 11) is 0. The first kappa shape index (κ1) is 20.9. The molecule has 2 unspecified atom stereocenters. The van der Waals surface area contributed by atoms with E-state index in [-0.39, 0.29) is 12.2 Å². The maximum Gasteiger partial charge on any atom is 0.144 e. The van der Waals surface area contributed by atoms with Crippen LogP contribution in [0.15, 0.2) is 0 Å². The molecule has 2 atom stereocenters. The predicted octanol–water partition coefficient (Wildman–Crippen LogP) is 4.61. The van der Waals surface area contributed by atoms with Crippen LogP contribution in [0, 0.1) is 5.92 Å².